The molecule has 0 radical (unpaired) electrons. The second-order valence-electron chi connectivity index (χ2n) is 7.24. The molecule has 162 valence electrons. The van der Waals surface area contributed by atoms with Gasteiger partial charge in [0.25, 0.3) is 5.56 Å². The fourth-order valence-corrected chi connectivity index (χ4v) is 3.11. The number of para-hydroxylation sites is 1. The molecule has 32 heavy (non-hydrogen) atoms. The molecule has 0 fully saturated rings. The summed E-state index contributed by atoms with van der Waals surface area (Å²) in [7, 11) is 0. The molecule has 0 aliphatic carbocycles. The summed E-state index contributed by atoms with van der Waals surface area (Å²) in [6.45, 7) is 3.38. The number of ether oxygens (including phenoxy) is 1. The molecule has 3 N–H and O–H groups in total. The third-order valence-electron chi connectivity index (χ3n) is 4.57. The van der Waals surface area contributed by atoms with E-state index in [4.69, 9.17) is 10.5 Å². The zero-order valence-corrected chi connectivity index (χ0v) is 17.5. The van der Waals surface area contributed by atoms with Crippen LogP contribution in [0.15, 0.2) is 59.4 Å². The summed E-state index contributed by atoms with van der Waals surface area (Å²) in [5.74, 6) is -0.314. The molecule has 10 nitrogen and oxygen atoms in total. The minimum absolute atomic E-state index is 0.0126. The Kier molecular flexibility index (Phi) is 5.75. The van der Waals surface area contributed by atoms with E-state index in [1.165, 1.54) is 4.68 Å². The van der Waals surface area contributed by atoms with E-state index in [1.807, 2.05) is 44.2 Å². The highest BCUT2D eigenvalue weighted by Gasteiger charge is 2.19. The number of nitrogens with one attached hydrogen (secondary N) is 1. The lowest BCUT2D eigenvalue weighted by Gasteiger charge is -2.13. The van der Waals surface area contributed by atoms with Gasteiger partial charge in [0.15, 0.2) is 18.1 Å². The van der Waals surface area contributed by atoms with Crippen molar-refractivity contribution in [2.45, 2.75) is 26.5 Å². The van der Waals surface area contributed by atoms with Gasteiger partial charge in [0.2, 0.25) is 11.9 Å². The number of esters is 1. The average molecular weight is 431 g/mol. The van der Waals surface area contributed by atoms with Crippen LogP contribution in [0.5, 0.6) is 0 Å². The van der Waals surface area contributed by atoms with E-state index in [2.05, 4.69) is 25.4 Å². The Bertz CT molecular complexity index is 1340. The number of anilines is 3. The predicted octanol–water partition coefficient (Wildman–Crippen LogP) is 2.85. The Morgan fingerprint density at radius 1 is 1.03 bits per heavy atom. The van der Waals surface area contributed by atoms with E-state index in [0.717, 1.165) is 5.69 Å². The fourth-order valence-electron chi connectivity index (χ4n) is 3.11. The summed E-state index contributed by atoms with van der Waals surface area (Å²) >= 11 is 0. The number of nitrogens with two attached hydrogens (primary N) is 1. The molecule has 0 bridgehead atoms. The second kappa shape index (κ2) is 8.80. The van der Waals surface area contributed by atoms with Crippen molar-refractivity contribution in [3.05, 3.63) is 76.5 Å². The van der Waals surface area contributed by atoms with Crippen molar-refractivity contribution < 1.29 is 9.53 Å². The lowest BCUT2D eigenvalue weighted by Crippen LogP contribution is -2.28. The van der Waals surface area contributed by atoms with Gasteiger partial charge in [0.1, 0.15) is 0 Å². The Balaban J connectivity index is 1.59. The third kappa shape index (κ3) is 4.38. The van der Waals surface area contributed by atoms with Crippen LogP contribution < -0.4 is 16.6 Å². The number of hydrogen-bond donors (Lipinski definition) is 2. The van der Waals surface area contributed by atoms with Crippen LogP contribution in [-0.2, 0) is 11.3 Å². The first-order valence-electron chi connectivity index (χ1n) is 9.93. The first kappa shape index (κ1) is 20.9. The predicted molar refractivity (Wildman–Crippen MR) is 119 cm³/mol. The van der Waals surface area contributed by atoms with Gasteiger partial charge < -0.3 is 15.8 Å². The summed E-state index contributed by atoms with van der Waals surface area (Å²) in [6.07, 6.45) is 0. The molecule has 0 atom stereocenters. The van der Waals surface area contributed by atoms with Crippen molar-refractivity contribution in [3.8, 4) is 0 Å². The number of rotatable bonds is 6. The van der Waals surface area contributed by atoms with E-state index in [-0.39, 0.29) is 41.6 Å². The summed E-state index contributed by atoms with van der Waals surface area (Å²) in [6, 6.07) is 15.9. The smallest absolute Gasteiger partial charge is 0.359 e. The lowest BCUT2D eigenvalue weighted by molar-refractivity contribution is 0.0454. The monoisotopic (exact) mass is 431 g/mol. The van der Waals surface area contributed by atoms with Gasteiger partial charge in [-0.1, -0.05) is 36.4 Å². The Morgan fingerprint density at radius 3 is 2.44 bits per heavy atom. The van der Waals surface area contributed by atoms with Crippen LogP contribution in [0.1, 0.15) is 36.2 Å². The van der Waals surface area contributed by atoms with Crippen LogP contribution in [0.3, 0.4) is 0 Å². The Morgan fingerprint density at radius 2 is 1.72 bits per heavy atom. The molecule has 0 saturated heterocycles. The Hall–Kier alpha value is -4.34. The second-order valence-corrected chi connectivity index (χ2v) is 7.24. The highest BCUT2D eigenvalue weighted by atomic mass is 16.5. The maximum atomic E-state index is 12.9. The van der Waals surface area contributed by atoms with Crippen molar-refractivity contribution in [2.75, 3.05) is 11.1 Å². The van der Waals surface area contributed by atoms with Gasteiger partial charge >= 0.3 is 5.97 Å². The molecule has 4 rings (SSSR count). The third-order valence-corrected chi connectivity index (χ3v) is 4.57. The highest BCUT2D eigenvalue weighted by molar-refractivity contribution is 6.02. The van der Waals surface area contributed by atoms with Crippen LogP contribution in [0.2, 0.25) is 0 Å². The summed E-state index contributed by atoms with van der Waals surface area (Å²) in [5.41, 5.74) is 6.32. The van der Waals surface area contributed by atoms with Gasteiger partial charge in [0, 0.05) is 11.1 Å². The lowest BCUT2D eigenvalue weighted by atomic mass is 10.1. The number of fused-ring (bicyclic) bond motifs is 1. The zero-order valence-electron chi connectivity index (χ0n) is 17.5. The van der Waals surface area contributed by atoms with Crippen LogP contribution in [0.25, 0.3) is 10.8 Å². The first-order valence-corrected chi connectivity index (χ1v) is 9.93. The maximum absolute atomic E-state index is 12.9. The van der Waals surface area contributed by atoms with Crippen molar-refractivity contribution in [1.29, 1.82) is 0 Å². The number of nitrogen functional groups attached to an aromatic ring is 1. The largest absolute Gasteiger partial charge is 0.453 e. The molecule has 4 aromatic rings. The number of carbonyl (C=O) groups is 1. The quantitative estimate of drug-likeness (QED) is 0.441. The molecule has 0 amide bonds. The number of carbonyl (C=O) groups excluding carboxylic acids is 1. The molecular weight excluding hydrogens is 410 g/mol. The fraction of sp³-hybridized carbons (Fsp3) is 0.182. The minimum atomic E-state index is -0.702. The van der Waals surface area contributed by atoms with Crippen LogP contribution in [-0.4, -0.2) is 30.7 Å². The molecule has 0 unspecified atom stereocenters. The number of nitrogens with zero attached hydrogens (tertiary/aromatic N) is 5. The van der Waals surface area contributed by atoms with Gasteiger partial charge in [0.05, 0.1) is 11.4 Å². The van der Waals surface area contributed by atoms with E-state index >= 15 is 0 Å². The van der Waals surface area contributed by atoms with Crippen LogP contribution >= 0.6 is 0 Å². The van der Waals surface area contributed by atoms with E-state index in [0.29, 0.717) is 10.8 Å². The van der Waals surface area contributed by atoms with E-state index in [1.54, 1.807) is 24.3 Å². The van der Waals surface area contributed by atoms with Gasteiger partial charge in [-0.05, 0) is 32.0 Å². The summed E-state index contributed by atoms with van der Waals surface area (Å²) < 4.78 is 6.67. The van der Waals surface area contributed by atoms with E-state index < -0.39 is 5.97 Å². The summed E-state index contributed by atoms with van der Waals surface area (Å²) in [5, 5.41) is 8.07. The molecule has 0 saturated carbocycles. The van der Waals surface area contributed by atoms with Gasteiger partial charge in [-0.25, -0.2) is 9.48 Å². The van der Waals surface area contributed by atoms with Crippen molar-refractivity contribution in [3.63, 3.8) is 0 Å². The van der Waals surface area contributed by atoms with Crippen molar-refractivity contribution >= 4 is 34.3 Å². The van der Waals surface area contributed by atoms with Gasteiger partial charge in [-0.15, -0.1) is 0 Å². The topological polar surface area (TPSA) is 138 Å². The molecule has 10 heteroatoms. The standard InChI is InChI=1S/C22H21N7O3/c1-13(2)29-19(30)16-11-7-6-10-15(16)18(28-29)20(31)32-12-17-25-21(23)27-22(26-17)24-14-8-4-3-5-9-14/h3-11,13H,12H2,1-2H3,(H3,23,24,25,26,27). The normalized spacial score (nSPS) is 11.0. The molecule has 2 aromatic heterocycles. The molecule has 2 heterocycles. The van der Waals surface area contributed by atoms with E-state index in [9.17, 15) is 9.59 Å². The maximum Gasteiger partial charge on any atom is 0.359 e. The number of hydrogen-bond acceptors (Lipinski definition) is 9. The van der Waals surface area contributed by atoms with Gasteiger partial charge in [-0.2, -0.15) is 20.1 Å². The molecule has 0 spiro atoms. The zero-order chi connectivity index (χ0) is 22.7. The molecule has 0 aliphatic heterocycles. The number of benzene rings is 2. The van der Waals surface area contributed by atoms with Crippen LogP contribution in [0, 0.1) is 0 Å². The van der Waals surface area contributed by atoms with Crippen molar-refractivity contribution in [1.82, 2.24) is 24.7 Å². The first-order chi connectivity index (χ1) is 15.4. The van der Waals surface area contributed by atoms with Crippen molar-refractivity contribution in [2.24, 2.45) is 0 Å². The minimum Gasteiger partial charge on any atom is -0.453 e. The molecule has 0 aliphatic rings. The van der Waals surface area contributed by atoms with Gasteiger partial charge in [-0.3, -0.25) is 4.79 Å². The average Bonchev–Trinajstić information content (AvgIpc) is 2.78. The Labute approximate surface area is 183 Å². The van der Waals surface area contributed by atoms with Crippen LogP contribution in [0.4, 0.5) is 17.6 Å². The molecular formula is C22H21N7O3. The number of aromatic nitrogens is 5. The SMILES string of the molecule is CC(C)n1nc(C(=O)OCc2nc(N)nc(Nc3ccccc3)n2)c2ccccc2c1=O. The molecule has 2 aromatic carbocycles. The highest BCUT2D eigenvalue weighted by Crippen LogP contribution is 2.17. The summed E-state index contributed by atoms with van der Waals surface area (Å²) in [4.78, 5) is 37.8.